The van der Waals surface area contributed by atoms with Crippen molar-refractivity contribution in [3.63, 3.8) is 0 Å². The predicted octanol–water partition coefficient (Wildman–Crippen LogP) is 0.868. The predicted molar refractivity (Wildman–Crippen MR) is 51.5 cm³/mol. The number of hydrogen-bond acceptors (Lipinski definition) is 5. The molecular weight excluding hydrogens is 180 g/mol. The molecule has 0 saturated heterocycles. The van der Waals surface area contributed by atoms with E-state index in [0.717, 1.165) is 18.7 Å². The minimum absolute atomic E-state index is 0.302. The second kappa shape index (κ2) is 3.88. The Morgan fingerprint density at radius 1 is 1.36 bits per heavy atom. The molecule has 1 aliphatic carbocycles. The van der Waals surface area contributed by atoms with Crippen LogP contribution in [0.25, 0.3) is 0 Å². The van der Waals surface area contributed by atoms with Gasteiger partial charge in [-0.1, -0.05) is 0 Å². The molecule has 5 heteroatoms. The third kappa shape index (κ3) is 2.17. The summed E-state index contributed by atoms with van der Waals surface area (Å²) >= 11 is 0. The lowest BCUT2D eigenvalue weighted by atomic mass is 10.4. The van der Waals surface area contributed by atoms with E-state index in [2.05, 4.69) is 15.0 Å². The zero-order chi connectivity index (χ0) is 9.97. The van der Waals surface area contributed by atoms with E-state index >= 15 is 0 Å². The van der Waals surface area contributed by atoms with Gasteiger partial charge in [-0.25, -0.2) is 4.98 Å². The van der Waals surface area contributed by atoms with Gasteiger partial charge in [0, 0.05) is 12.5 Å². The number of hydrogen-bond donors (Lipinski definition) is 1. The summed E-state index contributed by atoms with van der Waals surface area (Å²) in [6.45, 7) is 3.01. The van der Waals surface area contributed by atoms with Gasteiger partial charge in [0.1, 0.15) is 12.4 Å². The average Bonchev–Trinajstić information content (AvgIpc) is 2.97. The molecule has 0 atom stereocenters. The second-order valence-electron chi connectivity index (χ2n) is 3.38. The molecule has 2 rings (SSSR count). The van der Waals surface area contributed by atoms with Crippen molar-refractivity contribution in [3.05, 3.63) is 11.6 Å². The van der Waals surface area contributed by atoms with Gasteiger partial charge in [-0.3, -0.25) is 0 Å². The molecular formula is C9H14N4O. The fourth-order valence-electron chi connectivity index (χ4n) is 1.24. The Labute approximate surface area is 82.7 Å². The number of nitrogens with two attached hydrogens (primary N) is 1. The zero-order valence-corrected chi connectivity index (χ0v) is 8.23. The standard InChI is InChI=1S/C9H14N4O/c1-2-14-5-7-11-8(6-3-4-6)13-9(10)12-7/h6H,2-5H2,1H3,(H2,10,11,12,13). The van der Waals surface area contributed by atoms with Crippen LogP contribution in [0.5, 0.6) is 0 Å². The number of aromatic nitrogens is 3. The van der Waals surface area contributed by atoms with Crippen molar-refractivity contribution in [3.8, 4) is 0 Å². The maximum absolute atomic E-state index is 5.58. The molecule has 76 valence electrons. The van der Waals surface area contributed by atoms with E-state index in [-0.39, 0.29) is 0 Å². The van der Waals surface area contributed by atoms with Crippen molar-refractivity contribution in [2.75, 3.05) is 12.3 Å². The lowest BCUT2D eigenvalue weighted by molar-refractivity contribution is 0.128. The SMILES string of the molecule is CCOCc1nc(N)nc(C2CC2)n1. The molecule has 1 heterocycles. The summed E-state index contributed by atoms with van der Waals surface area (Å²) in [5, 5.41) is 0. The Hall–Kier alpha value is -1.23. The van der Waals surface area contributed by atoms with Crippen molar-refractivity contribution in [2.45, 2.75) is 32.3 Å². The molecule has 1 aromatic heterocycles. The van der Waals surface area contributed by atoms with Gasteiger partial charge < -0.3 is 10.5 Å². The summed E-state index contributed by atoms with van der Waals surface area (Å²) in [5.41, 5.74) is 5.58. The Morgan fingerprint density at radius 2 is 2.14 bits per heavy atom. The smallest absolute Gasteiger partial charge is 0.223 e. The second-order valence-corrected chi connectivity index (χ2v) is 3.38. The van der Waals surface area contributed by atoms with Crippen molar-refractivity contribution in [2.24, 2.45) is 0 Å². The first-order valence-corrected chi connectivity index (χ1v) is 4.87. The monoisotopic (exact) mass is 194 g/mol. The first-order chi connectivity index (χ1) is 6.79. The van der Waals surface area contributed by atoms with Crippen LogP contribution in [-0.4, -0.2) is 21.6 Å². The Balaban J connectivity index is 2.13. The van der Waals surface area contributed by atoms with Crippen LogP contribution in [0.2, 0.25) is 0 Å². The molecule has 1 aromatic rings. The highest BCUT2D eigenvalue weighted by atomic mass is 16.5. The molecule has 2 N–H and O–H groups in total. The maximum Gasteiger partial charge on any atom is 0.223 e. The van der Waals surface area contributed by atoms with E-state index in [4.69, 9.17) is 10.5 Å². The summed E-state index contributed by atoms with van der Waals surface area (Å²) in [6.07, 6.45) is 2.33. The number of ether oxygens (including phenoxy) is 1. The largest absolute Gasteiger partial charge is 0.374 e. The molecule has 0 unspecified atom stereocenters. The summed E-state index contributed by atoms with van der Waals surface area (Å²) in [6, 6.07) is 0. The third-order valence-electron chi connectivity index (χ3n) is 2.09. The molecule has 14 heavy (non-hydrogen) atoms. The normalized spacial score (nSPS) is 15.8. The molecule has 0 spiro atoms. The molecule has 0 amide bonds. The fourth-order valence-corrected chi connectivity index (χ4v) is 1.24. The number of rotatable bonds is 4. The van der Waals surface area contributed by atoms with E-state index in [9.17, 15) is 0 Å². The van der Waals surface area contributed by atoms with Gasteiger partial charge in [-0.05, 0) is 19.8 Å². The van der Waals surface area contributed by atoms with Crippen LogP contribution in [-0.2, 0) is 11.3 Å². The quantitative estimate of drug-likeness (QED) is 0.769. The molecule has 1 fully saturated rings. The first kappa shape index (κ1) is 9.33. The Kier molecular flexibility index (Phi) is 2.58. The number of anilines is 1. The third-order valence-corrected chi connectivity index (χ3v) is 2.09. The number of nitrogens with zero attached hydrogens (tertiary/aromatic N) is 3. The van der Waals surface area contributed by atoms with Crippen LogP contribution in [0.15, 0.2) is 0 Å². The molecule has 0 bridgehead atoms. The van der Waals surface area contributed by atoms with Gasteiger partial charge in [0.25, 0.3) is 0 Å². The highest BCUT2D eigenvalue weighted by Crippen LogP contribution is 2.37. The van der Waals surface area contributed by atoms with E-state index in [1.54, 1.807) is 0 Å². The average molecular weight is 194 g/mol. The summed E-state index contributed by atoms with van der Waals surface area (Å²) in [4.78, 5) is 12.4. The van der Waals surface area contributed by atoms with Crippen LogP contribution in [0, 0.1) is 0 Å². The molecule has 5 nitrogen and oxygen atoms in total. The molecule has 0 radical (unpaired) electrons. The topological polar surface area (TPSA) is 73.9 Å². The van der Waals surface area contributed by atoms with Gasteiger partial charge in [0.15, 0.2) is 5.82 Å². The van der Waals surface area contributed by atoms with Gasteiger partial charge in [0.2, 0.25) is 5.95 Å². The minimum Gasteiger partial charge on any atom is -0.374 e. The van der Waals surface area contributed by atoms with Crippen molar-refractivity contribution < 1.29 is 4.74 Å². The van der Waals surface area contributed by atoms with E-state index in [0.29, 0.717) is 30.9 Å². The zero-order valence-electron chi connectivity index (χ0n) is 8.23. The first-order valence-electron chi connectivity index (χ1n) is 4.87. The highest BCUT2D eigenvalue weighted by molar-refractivity contribution is 5.19. The van der Waals surface area contributed by atoms with Crippen LogP contribution in [0.3, 0.4) is 0 Å². The van der Waals surface area contributed by atoms with Crippen LogP contribution in [0.1, 0.15) is 37.3 Å². The fraction of sp³-hybridized carbons (Fsp3) is 0.667. The Morgan fingerprint density at radius 3 is 2.79 bits per heavy atom. The van der Waals surface area contributed by atoms with Gasteiger partial charge >= 0.3 is 0 Å². The van der Waals surface area contributed by atoms with Crippen LogP contribution >= 0.6 is 0 Å². The summed E-state index contributed by atoms with van der Waals surface area (Å²) in [7, 11) is 0. The van der Waals surface area contributed by atoms with E-state index in [1.807, 2.05) is 6.92 Å². The Bertz CT molecular complexity index is 325. The summed E-state index contributed by atoms with van der Waals surface area (Å²) < 4.78 is 5.22. The van der Waals surface area contributed by atoms with E-state index in [1.165, 1.54) is 0 Å². The summed E-state index contributed by atoms with van der Waals surface area (Å²) in [5.74, 6) is 2.27. The van der Waals surface area contributed by atoms with Crippen LogP contribution in [0.4, 0.5) is 5.95 Å². The van der Waals surface area contributed by atoms with Crippen molar-refractivity contribution in [1.82, 2.24) is 15.0 Å². The van der Waals surface area contributed by atoms with Crippen molar-refractivity contribution in [1.29, 1.82) is 0 Å². The van der Waals surface area contributed by atoms with Gasteiger partial charge in [0.05, 0.1) is 0 Å². The molecule has 1 aliphatic rings. The van der Waals surface area contributed by atoms with E-state index < -0.39 is 0 Å². The molecule has 0 aromatic carbocycles. The lowest BCUT2D eigenvalue weighted by Gasteiger charge is -2.03. The maximum atomic E-state index is 5.58. The van der Waals surface area contributed by atoms with Crippen LogP contribution < -0.4 is 5.73 Å². The number of nitrogen functional groups attached to an aromatic ring is 1. The lowest BCUT2D eigenvalue weighted by Crippen LogP contribution is -2.08. The van der Waals surface area contributed by atoms with Gasteiger partial charge in [-0.2, -0.15) is 9.97 Å². The molecule has 0 aliphatic heterocycles. The minimum atomic E-state index is 0.302. The van der Waals surface area contributed by atoms with Crippen molar-refractivity contribution >= 4 is 5.95 Å². The molecule has 1 saturated carbocycles. The van der Waals surface area contributed by atoms with Gasteiger partial charge in [-0.15, -0.1) is 0 Å². The highest BCUT2D eigenvalue weighted by Gasteiger charge is 2.27.